The maximum Gasteiger partial charge on any atom is 0.315 e. The first-order valence-electron chi connectivity index (χ1n) is 8.97. The van der Waals surface area contributed by atoms with E-state index in [2.05, 4.69) is 15.6 Å². The minimum Gasteiger partial charge on any atom is -0.497 e. The first-order chi connectivity index (χ1) is 13.6. The van der Waals surface area contributed by atoms with Gasteiger partial charge in [0.1, 0.15) is 23.4 Å². The fourth-order valence-electron chi connectivity index (χ4n) is 2.97. The van der Waals surface area contributed by atoms with Crippen LogP contribution in [-0.4, -0.2) is 29.2 Å². The van der Waals surface area contributed by atoms with Crippen molar-refractivity contribution in [2.75, 3.05) is 13.7 Å². The van der Waals surface area contributed by atoms with Crippen molar-refractivity contribution in [2.24, 2.45) is 7.05 Å². The third-order valence-electron chi connectivity index (χ3n) is 4.46. The second kappa shape index (κ2) is 9.03. The molecule has 6 nitrogen and oxygen atoms in total. The van der Waals surface area contributed by atoms with Gasteiger partial charge in [0, 0.05) is 26.0 Å². The van der Waals surface area contributed by atoms with Crippen LogP contribution in [0.4, 0.5) is 9.18 Å². The Labute approximate surface area is 163 Å². The molecule has 0 aliphatic rings. The Morgan fingerprint density at radius 1 is 1.25 bits per heavy atom. The second-order valence-electron chi connectivity index (χ2n) is 6.35. The van der Waals surface area contributed by atoms with Gasteiger partial charge in [0.25, 0.3) is 0 Å². The van der Waals surface area contributed by atoms with Gasteiger partial charge in [0.05, 0.1) is 7.11 Å². The highest BCUT2D eigenvalue weighted by Crippen LogP contribution is 2.24. The number of ether oxygens (including phenoxy) is 1. The van der Waals surface area contributed by atoms with Crippen molar-refractivity contribution in [3.05, 3.63) is 83.7 Å². The Balaban J connectivity index is 1.70. The summed E-state index contributed by atoms with van der Waals surface area (Å²) in [6, 6.07) is 13.2. The fraction of sp³-hybridized carbons (Fsp3) is 0.238. The van der Waals surface area contributed by atoms with E-state index in [1.807, 2.05) is 42.1 Å². The SMILES string of the molecule is COc1cccc(C(NC(=O)NCCc2ccccc2F)c2nccn2C)c1. The van der Waals surface area contributed by atoms with Crippen molar-refractivity contribution in [2.45, 2.75) is 12.5 Å². The Morgan fingerprint density at radius 3 is 2.79 bits per heavy atom. The Bertz CT molecular complexity index is 941. The van der Waals surface area contributed by atoms with Gasteiger partial charge in [-0.15, -0.1) is 0 Å². The standard InChI is InChI=1S/C21H23FN4O2/c1-26-13-12-23-20(26)19(16-7-5-8-17(14-16)28-2)25-21(27)24-11-10-15-6-3-4-9-18(15)22/h3-9,12-14,19H,10-11H2,1-2H3,(H2,24,25,27). The maximum atomic E-state index is 13.7. The van der Waals surface area contributed by atoms with E-state index in [0.717, 1.165) is 5.56 Å². The molecule has 1 aromatic heterocycles. The number of amides is 2. The molecule has 2 amide bonds. The number of nitrogens with zero attached hydrogens (tertiary/aromatic N) is 2. The smallest absolute Gasteiger partial charge is 0.315 e. The zero-order chi connectivity index (χ0) is 19.9. The average molecular weight is 382 g/mol. The zero-order valence-corrected chi connectivity index (χ0v) is 15.9. The van der Waals surface area contributed by atoms with E-state index in [4.69, 9.17) is 4.74 Å². The van der Waals surface area contributed by atoms with Crippen LogP contribution in [0.5, 0.6) is 5.75 Å². The number of urea groups is 1. The molecule has 1 atom stereocenters. The highest BCUT2D eigenvalue weighted by molar-refractivity contribution is 5.74. The van der Waals surface area contributed by atoms with Crippen LogP contribution in [-0.2, 0) is 13.5 Å². The molecule has 1 heterocycles. The molecule has 7 heteroatoms. The van der Waals surface area contributed by atoms with Gasteiger partial charge in [-0.05, 0) is 35.7 Å². The van der Waals surface area contributed by atoms with Crippen LogP contribution < -0.4 is 15.4 Å². The molecule has 2 N–H and O–H groups in total. The van der Waals surface area contributed by atoms with Crippen molar-refractivity contribution < 1.29 is 13.9 Å². The number of carbonyl (C=O) groups is 1. The number of hydrogen-bond donors (Lipinski definition) is 2. The number of imidazole rings is 1. The van der Waals surface area contributed by atoms with Crippen molar-refractivity contribution in [1.29, 1.82) is 0 Å². The van der Waals surface area contributed by atoms with Gasteiger partial charge in [-0.2, -0.15) is 0 Å². The van der Waals surface area contributed by atoms with Gasteiger partial charge >= 0.3 is 6.03 Å². The molecule has 28 heavy (non-hydrogen) atoms. The molecule has 0 spiro atoms. The largest absolute Gasteiger partial charge is 0.497 e. The molecule has 2 aromatic carbocycles. The number of rotatable bonds is 7. The molecule has 0 aliphatic heterocycles. The van der Waals surface area contributed by atoms with Crippen LogP contribution in [0.1, 0.15) is 23.0 Å². The summed E-state index contributed by atoms with van der Waals surface area (Å²) in [6.45, 7) is 0.318. The van der Waals surface area contributed by atoms with E-state index in [9.17, 15) is 9.18 Å². The lowest BCUT2D eigenvalue weighted by Gasteiger charge is -2.20. The van der Waals surface area contributed by atoms with Gasteiger partial charge in [-0.3, -0.25) is 0 Å². The molecule has 0 saturated carbocycles. The van der Waals surface area contributed by atoms with E-state index >= 15 is 0 Å². The third kappa shape index (κ3) is 4.68. The van der Waals surface area contributed by atoms with E-state index < -0.39 is 6.04 Å². The van der Waals surface area contributed by atoms with Crippen LogP contribution in [0, 0.1) is 5.82 Å². The van der Waals surface area contributed by atoms with Crippen molar-refractivity contribution in [3.63, 3.8) is 0 Å². The van der Waals surface area contributed by atoms with Crippen LogP contribution in [0.3, 0.4) is 0 Å². The van der Waals surface area contributed by atoms with Crippen LogP contribution in [0.25, 0.3) is 0 Å². The Hall–Kier alpha value is -3.35. The summed E-state index contributed by atoms with van der Waals surface area (Å²) in [5.41, 5.74) is 1.41. The average Bonchev–Trinajstić information content (AvgIpc) is 3.13. The zero-order valence-electron chi connectivity index (χ0n) is 15.9. The minimum absolute atomic E-state index is 0.271. The van der Waals surface area contributed by atoms with E-state index in [1.54, 1.807) is 31.5 Å². The van der Waals surface area contributed by atoms with Gasteiger partial charge < -0.3 is 19.9 Å². The van der Waals surface area contributed by atoms with Crippen molar-refractivity contribution in [3.8, 4) is 5.75 Å². The monoisotopic (exact) mass is 382 g/mol. The second-order valence-corrected chi connectivity index (χ2v) is 6.35. The van der Waals surface area contributed by atoms with E-state index in [1.165, 1.54) is 6.07 Å². The Morgan fingerprint density at radius 2 is 2.07 bits per heavy atom. The summed E-state index contributed by atoms with van der Waals surface area (Å²) in [7, 11) is 3.46. The highest BCUT2D eigenvalue weighted by atomic mass is 19.1. The first kappa shape index (κ1) is 19.4. The number of aromatic nitrogens is 2. The summed E-state index contributed by atoms with van der Waals surface area (Å²) < 4.78 is 20.8. The normalized spacial score (nSPS) is 11.7. The number of aryl methyl sites for hydroxylation is 1. The molecule has 0 aliphatic carbocycles. The molecule has 0 saturated heterocycles. The summed E-state index contributed by atoms with van der Waals surface area (Å²) >= 11 is 0. The number of hydrogen-bond acceptors (Lipinski definition) is 3. The van der Waals surface area contributed by atoms with Gasteiger partial charge in [0.15, 0.2) is 0 Å². The van der Waals surface area contributed by atoms with Gasteiger partial charge in [-0.1, -0.05) is 30.3 Å². The summed E-state index contributed by atoms with van der Waals surface area (Å²) in [5, 5.41) is 5.73. The van der Waals surface area contributed by atoms with E-state index in [-0.39, 0.29) is 11.8 Å². The fourth-order valence-corrected chi connectivity index (χ4v) is 2.97. The minimum atomic E-state index is -0.455. The molecule has 3 rings (SSSR count). The summed E-state index contributed by atoms with van der Waals surface area (Å²) in [5.74, 6) is 1.11. The number of methoxy groups -OCH3 is 1. The molecule has 0 radical (unpaired) electrons. The molecule has 146 valence electrons. The lowest BCUT2D eigenvalue weighted by atomic mass is 10.1. The van der Waals surface area contributed by atoms with Crippen LogP contribution in [0.2, 0.25) is 0 Å². The molecular formula is C21H23FN4O2. The topological polar surface area (TPSA) is 68.2 Å². The van der Waals surface area contributed by atoms with Gasteiger partial charge in [0.2, 0.25) is 0 Å². The molecule has 1 unspecified atom stereocenters. The number of halogens is 1. The Kier molecular flexibility index (Phi) is 6.26. The summed E-state index contributed by atoms with van der Waals surface area (Å²) in [6.07, 6.45) is 3.91. The predicted molar refractivity (Wildman–Crippen MR) is 105 cm³/mol. The number of carbonyl (C=O) groups excluding carboxylic acids is 1. The highest BCUT2D eigenvalue weighted by Gasteiger charge is 2.21. The predicted octanol–water partition coefficient (Wildman–Crippen LogP) is 3.20. The van der Waals surface area contributed by atoms with Crippen LogP contribution in [0.15, 0.2) is 60.9 Å². The van der Waals surface area contributed by atoms with Crippen molar-refractivity contribution in [1.82, 2.24) is 20.2 Å². The molecular weight excluding hydrogens is 359 g/mol. The lowest BCUT2D eigenvalue weighted by molar-refractivity contribution is 0.238. The van der Waals surface area contributed by atoms with Crippen molar-refractivity contribution >= 4 is 6.03 Å². The maximum absolute atomic E-state index is 13.7. The van der Waals surface area contributed by atoms with Crippen LogP contribution >= 0.6 is 0 Å². The first-order valence-corrected chi connectivity index (χ1v) is 8.97. The number of nitrogens with one attached hydrogen (secondary N) is 2. The van der Waals surface area contributed by atoms with Gasteiger partial charge in [-0.25, -0.2) is 14.2 Å². The third-order valence-corrected chi connectivity index (χ3v) is 4.46. The quantitative estimate of drug-likeness (QED) is 0.659. The summed E-state index contributed by atoms with van der Waals surface area (Å²) in [4.78, 5) is 16.8. The number of benzene rings is 2. The molecule has 3 aromatic rings. The molecule has 0 fully saturated rings. The molecule has 0 bridgehead atoms. The van der Waals surface area contributed by atoms with E-state index in [0.29, 0.717) is 30.1 Å². The lowest BCUT2D eigenvalue weighted by Crippen LogP contribution is -2.40.